The summed E-state index contributed by atoms with van der Waals surface area (Å²) in [5.41, 5.74) is 6.49. The largest absolute Gasteiger partial charge is 0.495 e. The first kappa shape index (κ1) is 14.3. The SMILES string of the molecule is COc1cc(NC(=O)C(C)S(C)(=O)=O)ccc1N. The Morgan fingerprint density at radius 1 is 1.44 bits per heavy atom. The molecule has 1 aromatic rings. The maximum atomic E-state index is 11.7. The van der Waals surface area contributed by atoms with Gasteiger partial charge in [0.05, 0.1) is 12.8 Å². The van der Waals surface area contributed by atoms with E-state index in [1.807, 2.05) is 0 Å². The molecular weight excluding hydrogens is 256 g/mol. The van der Waals surface area contributed by atoms with Crippen molar-refractivity contribution in [2.24, 2.45) is 0 Å². The summed E-state index contributed by atoms with van der Waals surface area (Å²) in [5, 5.41) is 1.39. The van der Waals surface area contributed by atoms with Gasteiger partial charge in [-0.15, -0.1) is 0 Å². The van der Waals surface area contributed by atoms with Gasteiger partial charge in [-0.1, -0.05) is 0 Å². The second kappa shape index (κ2) is 5.26. The van der Waals surface area contributed by atoms with E-state index < -0.39 is 21.0 Å². The molecule has 0 saturated carbocycles. The molecule has 6 nitrogen and oxygen atoms in total. The van der Waals surface area contributed by atoms with Crippen LogP contribution in [0.25, 0.3) is 0 Å². The van der Waals surface area contributed by atoms with Gasteiger partial charge in [-0.05, 0) is 19.1 Å². The van der Waals surface area contributed by atoms with Crippen molar-refractivity contribution in [3.8, 4) is 5.75 Å². The lowest BCUT2D eigenvalue weighted by atomic mass is 10.2. The first-order valence-electron chi connectivity index (χ1n) is 5.19. The zero-order chi connectivity index (χ0) is 13.9. The van der Waals surface area contributed by atoms with Gasteiger partial charge in [-0.2, -0.15) is 0 Å². The van der Waals surface area contributed by atoms with E-state index >= 15 is 0 Å². The summed E-state index contributed by atoms with van der Waals surface area (Å²) in [6.07, 6.45) is 1.01. The number of anilines is 2. The minimum absolute atomic E-state index is 0.416. The van der Waals surface area contributed by atoms with Crippen molar-refractivity contribution < 1.29 is 17.9 Å². The number of sulfone groups is 1. The highest BCUT2D eigenvalue weighted by Gasteiger charge is 2.23. The van der Waals surface area contributed by atoms with Crippen LogP contribution in [-0.2, 0) is 14.6 Å². The highest BCUT2D eigenvalue weighted by molar-refractivity contribution is 7.92. The number of carbonyl (C=O) groups is 1. The van der Waals surface area contributed by atoms with Crippen LogP contribution in [0.15, 0.2) is 18.2 Å². The summed E-state index contributed by atoms with van der Waals surface area (Å²) in [6.45, 7) is 1.33. The van der Waals surface area contributed by atoms with Gasteiger partial charge in [0.25, 0.3) is 0 Å². The summed E-state index contributed by atoms with van der Waals surface area (Å²) in [6, 6.07) is 4.67. The topological polar surface area (TPSA) is 98.5 Å². The van der Waals surface area contributed by atoms with Crippen molar-refractivity contribution in [3.05, 3.63) is 18.2 Å². The molecule has 0 spiro atoms. The number of amides is 1. The van der Waals surface area contributed by atoms with E-state index in [9.17, 15) is 13.2 Å². The van der Waals surface area contributed by atoms with Gasteiger partial charge >= 0.3 is 0 Å². The van der Waals surface area contributed by atoms with Crippen LogP contribution in [0.5, 0.6) is 5.75 Å². The third-order valence-electron chi connectivity index (χ3n) is 2.51. The number of ether oxygens (including phenoxy) is 1. The zero-order valence-corrected chi connectivity index (χ0v) is 11.2. The number of nitrogens with one attached hydrogen (secondary N) is 1. The Hall–Kier alpha value is -1.76. The molecule has 3 N–H and O–H groups in total. The van der Waals surface area contributed by atoms with E-state index in [1.54, 1.807) is 12.1 Å². The number of benzene rings is 1. The molecule has 1 atom stereocenters. The van der Waals surface area contributed by atoms with Gasteiger partial charge in [0.15, 0.2) is 9.84 Å². The third kappa shape index (κ3) is 3.36. The number of hydrogen-bond acceptors (Lipinski definition) is 5. The molecule has 0 aliphatic rings. The molecule has 0 aliphatic carbocycles. The second-order valence-corrected chi connectivity index (χ2v) is 6.28. The molecular formula is C11H16N2O4S. The molecule has 0 heterocycles. The average molecular weight is 272 g/mol. The van der Waals surface area contributed by atoms with Crippen LogP contribution in [0.4, 0.5) is 11.4 Å². The molecule has 7 heteroatoms. The minimum atomic E-state index is -3.41. The van der Waals surface area contributed by atoms with Gasteiger partial charge in [0, 0.05) is 18.0 Å². The van der Waals surface area contributed by atoms with Gasteiger partial charge < -0.3 is 15.8 Å². The third-order valence-corrected chi connectivity index (χ3v) is 4.01. The molecule has 0 radical (unpaired) electrons. The lowest BCUT2D eigenvalue weighted by molar-refractivity contribution is -0.115. The van der Waals surface area contributed by atoms with Crippen LogP contribution in [0.2, 0.25) is 0 Å². The van der Waals surface area contributed by atoms with Crippen LogP contribution in [0.1, 0.15) is 6.92 Å². The number of nitrogens with two attached hydrogens (primary N) is 1. The fourth-order valence-corrected chi connectivity index (χ4v) is 1.68. The smallest absolute Gasteiger partial charge is 0.242 e. The highest BCUT2D eigenvalue weighted by Crippen LogP contribution is 2.25. The van der Waals surface area contributed by atoms with Gasteiger partial charge in [0.1, 0.15) is 11.0 Å². The Morgan fingerprint density at radius 3 is 2.56 bits per heavy atom. The maximum Gasteiger partial charge on any atom is 0.242 e. The first-order chi connectivity index (χ1) is 8.25. The van der Waals surface area contributed by atoms with Crippen molar-refractivity contribution in [1.29, 1.82) is 0 Å². The van der Waals surface area contributed by atoms with E-state index in [1.165, 1.54) is 20.1 Å². The molecule has 1 amide bonds. The summed E-state index contributed by atoms with van der Waals surface area (Å²) >= 11 is 0. The predicted molar refractivity (Wildman–Crippen MR) is 70.3 cm³/mol. The average Bonchev–Trinajstić information content (AvgIpc) is 2.29. The predicted octanol–water partition coefficient (Wildman–Crippen LogP) is 0.649. The van der Waals surface area contributed by atoms with Gasteiger partial charge in [-0.3, -0.25) is 4.79 Å². The van der Waals surface area contributed by atoms with Crippen molar-refractivity contribution in [1.82, 2.24) is 0 Å². The molecule has 1 rings (SSSR count). The fraction of sp³-hybridized carbons (Fsp3) is 0.364. The number of carbonyl (C=O) groups excluding carboxylic acids is 1. The van der Waals surface area contributed by atoms with Crippen LogP contribution < -0.4 is 15.8 Å². The number of methoxy groups -OCH3 is 1. The molecule has 0 fully saturated rings. The van der Waals surface area contributed by atoms with Crippen molar-refractivity contribution >= 4 is 27.1 Å². The molecule has 18 heavy (non-hydrogen) atoms. The quantitative estimate of drug-likeness (QED) is 0.784. The highest BCUT2D eigenvalue weighted by atomic mass is 32.2. The van der Waals surface area contributed by atoms with Gasteiger partial charge in [0.2, 0.25) is 5.91 Å². The Balaban J connectivity index is 2.89. The van der Waals surface area contributed by atoms with Gasteiger partial charge in [-0.25, -0.2) is 8.42 Å². The number of hydrogen-bond donors (Lipinski definition) is 2. The molecule has 0 aromatic heterocycles. The van der Waals surface area contributed by atoms with Crippen LogP contribution in [-0.4, -0.2) is 32.9 Å². The van der Waals surface area contributed by atoms with E-state index in [2.05, 4.69) is 5.32 Å². The summed E-state index contributed by atoms with van der Waals surface area (Å²) in [4.78, 5) is 11.7. The lowest BCUT2D eigenvalue weighted by Crippen LogP contribution is -2.31. The number of rotatable bonds is 4. The number of nitrogen functional groups attached to an aromatic ring is 1. The molecule has 1 aromatic carbocycles. The monoisotopic (exact) mass is 272 g/mol. The van der Waals surface area contributed by atoms with Crippen molar-refractivity contribution in [2.75, 3.05) is 24.4 Å². The first-order valence-corrected chi connectivity index (χ1v) is 7.14. The lowest BCUT2D eigenvalue weighted by Gasteiger charge is -2.12. The molecule has 100 valence electrons. The van der Waals surface area contributed by atoms with E-state index in [-0.39, 0.29) is 0 Å². The normalized spacial score (nSPS) is 12.8. The standard InChI is InChI=1S/C11H16N2O4S/c1-7(18(3,15)16)11(14)13-8-4-5-9(12)10(6-8)17-2/h4-7H,12H2,1-3H3,(H,13,14). The molecule has 0 saturated heterocycles. The second-order valence-electron chi connectivity index (χ2n) is 3.92. The maximum absolute atomic E-state index is 11.7. The summed E-state index contributed by atoms with van der Waals surface area (Å²) < 4.78 is 27.5. The van der Waals surface area contributed by atoms with Crippen molar-refractivity contribution in [2.45, 2.75) is 12.2 Å². The Labute approximate surface area is 106 Å². The van der Waals surface area contributed by atoms with E-state index in [0.717, 1.165) is 6.26 Å². The minimum Gasteiger partial charge on any atom is -0.495 e. The van der Waals surface area contributed by atoms with E-state index in [4.69, 9.17) is 10.5 Å². The summed E-state index contributed by atoms with van der Waals surface area (Å²) in [5.74, 6) is -0.177. The Morgan fingerprint density at radius 2 is 2.06 bits per heavy atom. The van der Waals surface area contributed by atoms with Crippen molar-refractivity contribution in [3.63, 3.8) is 0 Å². The Kier molecular flexibility index (Phi) is 4.18. The van der Waals surface area contributed by atoms with E-state index in [0.29, 0.717) is 17.1 Å². The summed E-state index contributed by atoms with van der Waals surface area (Å²) in [7, 11) is -1.96. The molecule has 1 unspecified atom stereocenters. The van der Waals surface area contributed by atoms with Crippen LogP contribution in [0, 0.1) is 0 Å². The Bertz CT molecular complexity index is 554. The van der Waals surface area contributed by atoms with Crippen LogP contribution in [0.3, 0.4) is 0 Å². The fourth-order valence-electron chi connectivity index (χ4n) is 1.23. The van der Waals surface area contributed by atoms with Crippen LogP contribution >= 0.6 is 0 Å². The zero-order valence-electron chi connectivity index (χ0n) is 10.4. The molecule has 0 bridgehead atoms. The molecule has 0 aliphatic heterocycles.